The molecule has 2 rings (SSSR count). The Morgan fingerprint density at radius 2 is 1.91 bits per heavy atom. The number of fused-ring (bicyclic) bond motifs is 2. The van der Waals surface area contributed by atoms with Gasteiger partial charge in [0.2, 0.25) is 5.78 Å². The third-order valence-electron chi connectivity index (χ3n) is 1.69. The first-order valence-corrected chi connectivity index (χ1v) is 4.72. The third kappa shape index (κ3) is 1.04. The van der Waals surface area contributed by atoms with E-state index in [2.05, 4.69) is 31.9 Å². The second-order valence-corrected chi connectivity index (χ2v) is 4.04. The molecule has 0 N–H and O–H groups in total. The first-order chi connectivity index (χ1) is 5.20. The highest BCUT2D eigenvalue weighted by Gasteiger charge is 2.35. The number of halogens is 2. The van der Waals surface area contributed by atoms with Crippen molar-refractivity contribution in [2.24, 2.45) is 0 Å². The van der Waals surface area contributed by atoms with Crippen LogP contribution >= 0.6 is 31.9 Å². The van der Waals surface area contributed by atoms with E-state index in [-0.39, 0.29) is 18.0 Å². The summed E-state index contributed by atoms with van der Waals surface area (Å²) in [4.78, 5) is 11.3. The Balaban J connectivity index is 2.49. The van der Waals surface area contributed by atoms with Crippen LogP contribution in [0.3, 0.4) is 0 Å². The average Bonchev–Trinajstić information content (AvgIpc) is 2.44. The van der Waals surface area contributed by atoms with Crippen molar-refractivity contribution in [2.75, 3.05) is 0 Å². The van der Waals surface area contributed by atoms with Crippen LogP contribution < -0.4 is 0 Å². The standard InChI is InChI=1S/C7H4Br2O2/c8-5-3-1-2-4(11-3)7(10)6(5)9/h1-4H/t3-,4+/m0/s1. The van der Waals surface area contributed by atoms with Gasteiger partial charge in [0.15, 0.2) is 0 Å². The molecule has 0 aromatic carbocycles. The number of rotatable bonds is 0. The van der Waals surface area contributed by atoms with Crippen molar-refractivity contribution in [3.63, 3.8) is 0 Å². The van der Waals surface area contributed by atoms with Gasteiger partial charge in [-0.05, 0) is 22.0 Å². The van der Waals surface area contributed by atoms with Crippen molar-refractivity contribution in [2.45, 2.75) is 12.2 Å². The normalized spacial score (nSPS) is 35.3. The molecule has 2 heterocycles. The highest BCUT2D eigenvalue weighted by atomic mass is 79.9. The van der Waals surface area contributed by atoms with Crippen LogP contribution in [0.2, 0.25) is 0 Å². The smallest absolute Gasteiger partial charge is 0.203 e. The second kappa shape index (κ2) is 2.54. The van der Waals surface area contributed by atoms with Gasteiger partial charge in [-0.3, -0.25) is 4.79 Å². The maximum absolute atomic E-state index is 11.3. The van der Waals surface area contributed by atoms with Crippen molar-refractivity contribution in [1.29, 1.82) is 0 Å². The molecule has 2 nitrogen and oxygen atoms in total. The van der Waals surface area contributed by atoms with Crippen LogP contribution in [0.15, 0.2) is 21.1 Å². The van der Waals surface area contributed by atoms with Gasteiger partial charge in [0.25, 0.3) is 0 Å². The molecule has 0 aliphatic carbocycles. The highest BCUT2D eigenvalue weighted by Crippen LogP contribution is 2.35. The molecule has 4 heteroatoms. The lowest BCUT2D eigenvalue weighted by atomic mass is 10.2. The molecule has 11 heavy (non-hydrogen) atoms. The van der Waals surface area contributed by atoms with Crippen LogP contribution in [0.4, 0.5) is 0 Å². The Kier molecular flexibility index (Phi) is 1.78. The second-order valence-electron chi connectivity index (χ2n) is 2.39. The van der Waals surface area contributed by atoms with Gasteiger partial charge in [-0.1, -0.05) is 22.0 Å². The molecule has 58 valence electrons. The van der Waals surface area contributed by atoms with E-state index in [9.17, 15) is 4.79 Å². The zero-order chi connectivity index (χ0) is 8.01. The number of ketones is 1. The Bertz CT molecular complexity index is 280. The van der Waals surface area contributed by atoms with Gasteiger partial charge < -0.3 is 4.74 Å². The maximum atomic E-state index is 11.3. The number of Topliss-reactive ketones (excluding diaryl/α,β-unsaturated/α-hetero) is 1. The lowest BCUT2D eigenvalue weighted by molar-refractivity contribution is -0.124. The van der Waals surface area contributed by atoms with Crippen molar-refractivity contribution >= 4 is 37.6 Å². The van der Waals surface area contributed by atoms with Gasteiger partial charge in [0.1, 0.15) is 12.2 Å². The fourth-order valence-electron chi connectivity index (χ4n) is 1.11. The quantitative estimate of drug-likeness (QED) is 0.633. The fraction of sp³-hybridized carbons (Fsp3) is 0.286. The topological polar surface area (TPSA) is 26.3 Å². The molecule has 2 atom stereocenters. The van der Waals surface area contributed by atoms with E-state index in [4.69, 9.17) is 4.74 Å². The molecule has 0 fully saturated rings. The Morgan fingerprint density at radius 1 is 1.27 bits per heavy atom. The molecule has 0 spiro atoms. The van der Waals surface area contributed by atoms with Gasteiger partial charge in [0, 0.05) is 4.48 Å². The Labute approximate surface area is 80.5 Å². The molecule has 0 unspecified atom stereocenters. The van der Waals surface area contributed by atoms with Crippen LogP contribution in [-0.4, -0.2) is 18.0 Å². The van der Waals surface area contributed by atoms with Gasteiger partial charge in [0.05, 0.1) is 4.48 Å². The molecular formula is C7H4Br2O2. The van der Waals surface area contributed by atoms with Crippen LogP contribution in [0, 0.1) is 0 Å². The lowest BCUT2D eigenvalue weighted by Crippen LogP contribution is -2.28. The Morgan fingerprint density at radius 3 is 2.64 bits per heavy atom. The van der Waals surface area contributed by atoms with Crippen molar-refractivity contribution in [3.8, 4) is 0 Å². The minimum absolute atomic E-state index is 0.0122. The average molecular weight is 280 g/mol. The molecule has 0 saturated carbocycles. The number of hydrogen-bond acceptors (Lipinski definition) is 2. The van der Waals surface area contributed by atoms with Crippen LogP contribution in [0.1, 0.15) is 0 Å². The van der Waals surface area contributed by atoms with E-state index in [0.29, 0.717) is 4.48 Å². The number of carbonyl (C=O) groups is 1. The molecule has 0 saturated heterocycles. The number of ether oxygens (including phenoxy) is 1. The SMILES string of the molecule is O=C1C(Br)=C(Br)[C@@H]2C=C[C@H]1O2. The predicted molar refractivity (Wildman–Crippen MR) is 47.7 cm³/mol. The van der Waals surface area contributed by atoms with E-state index in [1.54, 1.807) is 6.08 Å². The van der Waals surface area contributed by atoms with Gasteiger partial charge in [-0.2, -0.15) is 0 Å². The molecular weight excluding hydrogens is 276 g/mol. The molecule has 0 aromatic heterocycles. The summed E-state index contributed by atoms with van der Waals surface area (Å²) in [5.41, 5.74) is 0. The van der Waals surface area contributed by atoms with Gasteiger partial charge in [-0.25, -0.2) is 0 Å². The van der Waals surface area contributed by atoms with Crippen LogP contribution in [0.25, 0.3) is 0 Å². The molecule has 2 bridgehead atoms. The lowest BCUT2D eigenvalue weighted by Gasteiger charge is -2.19. The first kappa shape index (κ1) is 7.71. The Hall–Kier alpha value is 0.0700. The van der Waals surface area contributed by atoms with Gasteiger partial charge in [-0.15, -0.1) is 0 Å². The number of carbonyl (C=O) groups excluding carboxylic acids is 1. The summed E-state index contributed by atoms with van der Waals surface area (Å²) in [6.07, 6.45) is 3.23. The molecule has 0 aromatic rings. The van der Waals surface area contributed by atoms with E-state index in [1.807, 2.05) is 6.08 Å². The largest absolute Gasteiger partial charge is 0.353 e. The van der Waals surface area contributed by atoms with Crippen molar-refractivity contribution < 1.29 is 9.53 Å². The summed E-state index contributed by atoms with van der Waals surface area (Å²) < 4.78 is 6.68. The first-order valence-electron chi connectivity index (χ1n) is 3.13. The van der Waals surface area contributed by atoms with Crippen LogP contribution in [-0.2, 0) is 9.53 Å². The monoisotopic (exact) mass is 278 g/mol. The van der Waals surface area contributed by atoms with Crippen molar-refractivity contribution in [3.05, 3.63) is 21.1 Å². The van der Waals surface area contributed by atoms with E-state index >= 15 is 0 Å². The summed E-state index contributed by atoms with van der Waals surface area (Å²) in [5, 5.41) is 0. The summed E-state index contributed by atoms with van der Waals surface area (Å²) in [6.45, 7) is 0. The molecule has 2 aliphatic heterocycles. The van der Waals surface area contributed by atoms with E-state index in [0.717, 1.165) is 4.48 Å². The summed E-state index contributed by atoms with van der Waals surface area (Å²) >= 11 is 6.49. The predicted octanol–water partition coefficient (Wildman–Crippen LogP) is 1.89. The minimum atomic E-state index is -0.365. The number of hydrogen-bond donors (Lipinski definition) is 0. The van der Waals surface area contributed by atoms with E-state index < -0.39 is 0 Å². The summed E-state index contributed by atoms with van der Waals surface area (Å²) in [6, 6.07) is 0. The molecule has 2 aliphatic rings. The molecule has 0 amide bonds. The zero-order valence-electron chi connectivity index (χ0n) is 5.38. The third-order valence-corrected chi connectivity index (χ3v) is 3.89. The van der Waals surface area contributed by atoms with Crippen molar-refractivity contribution in [1.82, 2.24) is 0 Å². The maximum Gasteiger partial charge on any atom is 0.203 e. The highest BCUT2D eigenvalue weighted by molar-refractivity contribution is 9.14. The van der Waals surface area contributed by atoms with Gasteiger partial charge >= 0.3 is 0 Å². The van der Waals surface area contributed by atoms with E-state index in [1.165, 1.54) is 0 Å². The zero-order valence-corrected chi connectivity index (χ0v) is 8.55. The fourth-order valence-corrected chi connectivity index (χ4v) is 2.02. The summed E-state index contributed by atoms with van der Waals surface area (Å²) in [5.74, 6) is -0.0122. The minimum Gasteiger partial charge on any atom is -0.353 e. The molecule has 0 radical (unpaired) electrons. The van der Waals surface area contributed by atoms with Crippen LogP contribution in [0.5, 0.6) is 0 Å². The summed E-state index contributed by atoms with van der Waals surface area (Å²) in [7, 11) is 0.